The third-order valence-corrected chi connectivity index (χ3v) is 6.71. The smallest absolute Gasteiger partial charge is 0.126 e. The first-order chi connectivity index (χ1) is 10.3. The highest BCUT2D eigenvalue weighted by Gasteiger charge is 2.48. The van der Waals surface area contributed by atoms with Crippen molar-refractivity contribution in [3.8, 4) is 0 Å². The molecule has 0 unspecified atom stereocenters. The van der Waals surface area contributed by atoms with Crippen molar-refractivity contribution in [1.82, 2.24) is 0 Å². The van der Waals surface area contributed by atoms with E-state index in [-0.39, 0.29) is 6.10 Å². The van der Waals surface area contributed by atoms with Gasteiger partial charge in [0.25, 0.3) is 0 Å². The normalized spacial score (nSPS) is 44.1. The van der Waals surface area contributed by atoms with E-state index in [1.165, 1.54) is 64.5 Å². The van der Waals surface area contributed by atoms with Crippen LogP contribution in [0.4, 0.5) is 0 Å². The van der Waals surface area contributed by atoms with Crippen LogP contribution in [0.2, 0.25) is 0 Å². The van der Waals surface area contributed by atoms with Crippen LogP contribution in [0.3, 0.4) is 0 Å². The van der Waals surface area contributed by atoms with Crippen molar-refractivity contribution in [3.05, 3.63) is 0 Å². The van der Waals surface area contributed by atoms with E-state index in [1.807, 2.05) is 0 Å². The zero-order chi connectivity index (χ0) is 14.2. The molecule has 1 heterocycles. The maximum Gasteiger partial charge on any atom is 0.126 e. The Morgan fingerprint density at radius 1 is 0.905 bits per heavy atom. The molecule has 0 aromatic rings. The summed E-state index contributed by atoms with van der Waals surface area (Å²) in [5.74, 6) is 3.65. The number of hydrogen-bond acceptors (Lipinski definition) is 2. The lowest BCUT2D eigenvalue weighted by molar-refractivity contribution is -0.908. The van der Waals surface area contributed by atoms with Gasteiger partial charge in [-0.05, 0) is 75.0 Å². The van der Waals surface area contributed by atoms with Crippen molar-refractivity contribution in [3.63, 3.8) is 0 Å². The number of ether oxygens (including phenoxy) is 1. The van der Waals surface area contributed by atoms with Gasteiger partial charge >= 0.3 is 0 Å². The minimum atomic E-state index is -0.254. The van der Waals surface area contributed by atoms with E-state index in [0.29, 0.717) is 12.7 Å². The summed E-state index contributed by atoms with van der Waals surface area (Å²) in [7, 11) is 0. The van der Waals surface area contributed by atoms with E-state index >= 15 is 0 Å². The molecule has 3 heteroatoms. The Kier molecular flexibility index (Phi) is 4.25. The molecular formula is C18H32NO2+. The van der Waals surface area contributed by atoms with E-state index in [2.05, 4.69) is 0 Å². The molecular weight excluding hydrogens is 262 g/mol. The van der Waals surface area contributed by atoms with Crippen molar-refractivity contribution in [2.45, 2.75) is 63.6 Å². The number of rotatable bonds is 5. The van der Waals surface area contributed by atoms with Crippen molar-refractivity contribution in [2.75, 3.05) is 26.2 Å². The Balaban J connectivity index is 1.25. The summed E-state index contributed by atoms with van der Waals surface area (Å²) >= 11 is 0. The van der Waals surface area contributed by atoms with Crippen molar-refractivity contribution < 1.29 is 14.7 Å². The van der Waals surface area contributed by atoms with Gasteiger partial charge < -0.3 is 14.7 Å². The van der Waals surface area contributed by atoms with Gasteiger partial charge in [-0.1, -0.05) is 0 Å². The Labute approximate surface area is 129 Å². The van der Waals surface area contributed by atoms with Crippen LogP contribution in [-0.4, -0.2) is 43.6 Å². The second kappa shape index (κ2) is 6.17. The first kappa shape index (κ1) is 14.5. The SMILES string of the molecule is O[C@H](COC1C2CC3CC(C2)CC1C3)C[NH+]1CCCCC1. The maximum atomic E-state index is 10.3. The number of aliphatic hydroxyl groups is 1. The summed E-state index contributed by atoms with van der Waals surface area (Å²) in [5.41, 5.74) is 0. The summed E-state index contributed by atoms with van der Waals surface area (Å²) < 4.78 is 6.26. The van der Waals surface area contributed by atoms with Crippen LogP contribution in [0.5, 0.6) is 0 Å². The minimum absolute atomic E-state index is 0.254. The zero-order valence-electron chi connectivity index (χ0n) is 13.3. The molecule has 1 saturated heterocycles. The van der Waals surface area contributed by atoms with E-state index in [9.17, 15) is 5.11 Å². The molecule has 1 aliphatic heterocycles. The van der Waals surface area contributed by atoms with Gasteiger partial charge in [0, 0.05) is 0 Å². The molecule has 0 radical (unpaired) electrons. The van der Waals surface area contributed by atoms with Crippen LogP contribution in [-0.2, 0) is 4.74 Å². The molecule has 4 bridgehead atoms. The molecule has 4 aliphatic carbocycles. The average Bonchev–Trinajstić information content (AvgIpc) is 2.47. The number of likely N-dealkylation sites (tertiary alicyclic amines) is 1. The van der Waals surface area contributed by atoms with Gasteiger partial charge in [0.05, 0.1) is 25.8 Å². The molecule has 21 heavy (non-hydrogen) atoms. The Bertz CT molecular complexity index is 325. The predicted octanol–water partition coefficient (Wildman–Crippen LogP) is 1.26. The van der Waals surface area contributed by atoms with Crippen molar-refractivity contribution >= 4 is 0 Å². The van der Waals surface area contributed by atoms with Crippen LogP contribution in [0.1, 0.15) is 51.4 Å². The first-order valence-corrected chi connectivity index (χ1v) is 9.41. The predicted molar refractivity (Wildman–Crippen MR) is 82.2 cm³/mol. The monoisotopic (exact) mass is 294 g/mol. The third-order valence-electron chi connectivity index (χ3n) is 6.71. The summed E-state index contributed by atoms with van der Waals surface area (Å²) in [4.78, 5) is 1.59. The quantitative estimate of drug-likeness (QED) is 0.800. The fraction of sp³-hybridized carbons (Fsp3) is 1.00. The Morgan fingerprint density at radius 2 is 1.52 bits per heavy atom. The molecule has 3 nitrogen and oxygen atoms in total. The van der Waals surface area contributed by atoms with Crippen LogP contribution in [0.15, 0.2) is 0 Å². The highest BCUT2D eigenvalue weighted by atomic mass is 16.5. The number of aliphatic hydroxyl groups excluding tert-OH is 1. The summed E-state index contributed by atoms with van der Waals surface area (Å²) in [6, 6.07) is 0. The van der Waals surface area contributed by atoms with Crippen LogP contribution >= 0.6 is 0 Å². The van der Waals surface area contributed by atoms with Crippen molar-refractivity contribution in [2.24, 2.45) is 23.7 Å². The molecule has 120 valence electrons. The molecule has 1 atom stereocenters. The first-order valence-electron chi connectivity index (χ1n) is 9.41. The van der Waals surface area contributed by atoms with Gasteiger partial charge in [-0.3, -0.25) is 0 Å². The highest BCUT2D eigenvalue weighted by Crippen LogP contribution is 2.54. The Hall–Kier alpha value is -0.120. The fourth-order valence-electron chi connectivity index (χ4n) is 6.02. The van der Waals surface area contributed by atoms with Gasteiger partial charge in [-0.15, -0.1) is 0 Å². The third kappa shape index (κ3) is 3.16. The second-order valence-electron chi connectivity index (χ2n) is 8.40. The summed E-state index contributed by atoms with van der Waals surface area (Å²) in [6.07, 6.45) is 11.4. The second-order valence-corrected chi connectivity index (χ2v) is 8.40. The highest BCUT2D eigenvalue weighted by molar-refractivity contribution is 4.99. The summed E-state index contributed by atoms with van der Waals surface area (Å²) in [6.45, 7) is 3.97. The number of nitrogens with one attached hydrogen (secondary N) is 1. The van der Waals surface area contributed by atoms with Crippen molar-refractivity contribution in [1.29, 1.82) is 0 Å². The van der Waals surface area contributed by atoms with E-state index in [0.717, 1.165) is 30.2 Å². The van der Waals surface area contributed by atoms with Gasteiger partial charge in [-0.2, -0.15) is 0 Å². The fourth-order valence-corrected chi connectivity index (χ4v) is 6.02. The van der Waals surface area contributed by atoms with Gasteiger partial charge in [0.15, 0.2) is 0 Å². The molecule has 4 saturated carbocycles. The Morgan fingerprint density at radius 3 is 2.14 bits per heavy atom. The number of quaternary nitrogens is 1. The largest absolute Gasteiger partial charge is 0.385 e. The van der Waals surface area contributed by atoms with Gasteiger partial charge in [-0.25, -0.2) is 0 Å². The van der Waals surface area contributed by atoms with E-state index < -0.39 is 0 Å². The van der Waals surface area contributed by atoms with E-state index in [4.69, 9.17) is 4.74 Å². The molecule has 5 fully saturated rings. The van der Waals surface area contributed by atoms with Crippen LogP contribution < -0.4 is 4.90 Å². The number of hydrogen-bond donors (Lipinski definition) is 2. The van der Waals surface area contributed by atoms with Crippen LogP contribution in [0, 0.1) is 23.7 Å². The molecule has 0 aromatic carbocycles. The number of piperidine rings is 1. The van der Waals surface area contributed by atoms with Crippen LogP contribution in [0.25, 0.3) is 0 Å². The topological polar surface area (TPSA) is 33.9 Å². The maximum absolute atomic E-state index is 10.3. The van der Waals surface area contributed by atoms with E-state index in [1.54, 1.807) is 4.90 Å². The molecule has 2 N–H and O–H groups in total. The van der Waals surface area contributed by atoms with Gasteiger partial charge in [0.1, 0.15) is 12.6 Å². The van der Waals surface area contributed by atoms with Gasteiger partial charge in [0.2, 0.25) is 0 Å². The molecule has 5 aliphatic rings. The molecule has 0 aromatic heterocycles. The average molecular weight is 294 g/mol. The lowest BCUT2D eigenvalue weighted by atomic mass is 9.55. The summed E-state index contributed by atoms with van der Waals surface area (Å²) in [5, 5.41) is 10.3. The molecule has 0 spiro atoms. The minimum Gasteiger partial charge on any atom is -0.385 e. The lowest BCUT2D eigenvalue weighted by Gasteiger charge is -2.54. The lowest BCUT2D eigenvalue weighted by Crippen LogP contribution is -3.14. The standard InChI is InChI=1S/C18H31NO2/c20-17(11-19-4-2-1-3-5-19)12-21-18-15-7-13-6-14(9-15)10-16(18)8-13/h13-18,20H,1-12H2/p+1/t13?,14?,15?,16?,17-,18?/m0/s1. The molecule has 0 amide bonds. The molecule has 5 rings (SSSR count). The zero-order valence-corrected chi connectivity index (χ0v) is 13.3.